The summed E-state index contributed by atoms with van der Waals surface area (Å²) >= 11 is 0. The van der Waals surface area contributed by atoms with Crippen molar-refractivity contribution in [3.05, 3.63) is 64.8 Å². The molecule has 252 valence electrons. The molecule has 1 amide bonds. The fourth-order valence-corrected chi connectivity index (χ4v) is 5.14. The van der Waals surface area contributed by atoms with E-state index in [2.05, 4.69) is 90.4 Å². The van der Waals surface area contributed by atoms with E-state index in [-0.39, 0.29) is 11.8 Å². The molecule has 1 unspecified atom stereocenters. The zero-order valence-electron chi connectivity index (χ0n) is 30.7. The number of aromatic nitrogens is 1. The summed E-state index contributed by atoms with van der Waals surface area (Å²) in [6.45, 7) is 27.0. The molecule has 0 saturated carbocycles. The number of unbranched alkanes of at least 4 members (excludes halogenated alkanes) is 3. The van der Waals surface area contributed by atoms with Gasteiger partial charge in [0.15, 0.2) is 0 Å². The second kappa shape index (κ2) is 25.0. The van der Waals surface area contributed by atoms with Gasteiger partial charge < -0.3 is 9.80 Å². The van der Waals surface area contributed by atoms with Crippen LogP contribution in [0.25, 0.3) is 0 Å². The summed E-state index contributed by atoms with van der Waals surface area (Å²) < 4.78 is 0. The van der Waals surface area contributed by atoms with E-state index in [9.17, 15) is 4.79 Å². The van der Waals surface area contributed by atoms with Crippen LogP contribution in [0.4, 0.5) is 0 Å². The molecule has 6 nitrogen and oxygen atoms in total. The first-order chi connectivity index (χ1) is 21.6. The zero-order valence-corrected chi connectivity index (χ0v) is 30.7. The molecular formula is C39H65N5O. The Morgan fingerprint density at radius 2 is 1.60 bits per heavy atom. The second-order valence-corrected chi connectivity index (χ2v) is 12.1. The van der Waals surface area contributed by atoms with Crippen LogP contribution in [0.2, 0.25) is 0 Å². The third-order valence-electron chi connectivity index (χ3n) is 8.04. The number of aliphatic imine (C=N–C) groups is 1. The maximum atomic E-state index is 12.3. The Kier molecular flexibility index (Phi) is 23.3. The molecule has 0 N–H and O–H groups in total. The predicted octanol–water partition coefficient (Wildman–Crippen LogP) is 9.93. The number of allylic oxidation sites excluding steroid dienone is 5. The molecule has 1 aliphatic rings. The topological polar surface area (TPSA) is 72.6 Å². The van der Waals surface area contributed by atoms with Crippen LogP contribution in [0.5, 0.6) is 0 Å². The van der Waals surface area contributed by atoms with Gasteiger partial charge in [-0.1, -0.05) is 99.6 Å². The Morgan fingerprint density at radius 3 is 2.07 bits per heavy atom. The van der Waals surface area contributed by atoms with Crippen molar-refractivity contribution < 1.29 is 4.79 Å². The minimum atomic E-state index is 0.0681. The lowest BCUT2D eigenvalue weighted by molar-refractivity contribution is -0.135. The molecule has 0 radical (unpaired) electrons. The van der Waals surface area contributed by atoms with Crippen LogP contribution in [0.15, 0.2) is 58.5 Å². The van der Waals surface area contributed by atoms with Crippen molar-refractivity contribution in [3.63, 3.8) is 0 Å². The number of pyridine rings is 1. The van der Waals surface area contributed by atoms with Crippen molar-refractivity contribution in [2.24, 2.45) is 16.8 Å². The zero-order chi connectivity index (χ0) is 34.2. The normalized spacial score (nSPS) is 15.1. The van der Waals surface area contributed by atoms with Crippen molar-refractivity contribution in [3.8, 4) is 6.07 Å². The molecular weight excluding hydrogens is 554 g/mol. The number of carbonyl (C=O) groups excluding carboxylic acids is 1. The first-order valence-electron chi connectivity index (χ1n) is 17.5. The van der Waals surface area contributed by atoms with Gasteiger partial charge >= 0.3 is 0 Å². The van der Waals surface area contributed by atoms with Gasteiger partial charge in [-0.15, -0.1) is 0 Å². The van der Waals surface area contributed by atoms with E-state index >= 15 is 0 Å². The molecule has 0 spiro atoms. The molecule has 2 heterocycles. The Balaban J connectivity index is 0.000000923. The molecule has 1 aromatic heterocycles. The molecule has 0 aromatic carbocycles. The second-order valence-electron chi connectivity index (χ2n) is 12.1. The lowest BCUT2D eigenvalue weighted by Gasteiger charge is -2.38. The highest BCUT2D eigenvalue weighted by Crippen LogP contribution is 2.28. The van der Waals surface area contributed by atoms with Gasteiger partial charge in [0.25, 0.3) is 0 Å². The van der Waals surface area contributed by atoms with E-state index in [1.54, 1.807) is 12.3 Å². The van der Waals surface area contributed by atoms with E-state index in [0.29, 0.717) is 11.5 Å². The highest BCUT2D eigenvalue weighted by atomic mass is 16.2. The van der Waals surface area contributed by atoms with Crippen LogP contribution >= 0.6 is 0 Å². The molecule has 0 bridgehead atoms. The van der Waals surface area contributed by atoms with Gasteiger partial charge in [-0.2, -0.15) is 5.26 Å². The van der Waals surface area contributed by atoms with Crippen molar-refractivity contribution in [1.82, 2.24) is 14.8 Å². The Morgan fingerprint density at radius 1 is 1.00 bits per heavy atom. The van der Waals surface area contributed by atoms with E-state index in [0.717, 1.165) is 63.3 Å². The maximum Gasteiger partial charge on any atom is 0.225 e. The molecule has 45 heavy (non-hydrogen) atoms. The predicted molar refractivity (Wildman–Crippen MR) is 194 cm³/mol. The van der Waals surface area contributed by atoms with Crippen molar-refractivity contribution in [2.45, 2.75) is 128 Å². The van der Waals surface area contributed by atoms with Gasteiger partial charge in [-0.05, 0) is 63.7 Å². The molecule has 1 aliphatic heterocycles. The molecule has 1 saturated heterocycles. The highest BCUT2D eigenvalue weighted by molar-refractivity contribution is 6.03. The molecule has 0 aliphatic carbocycles. The number of hydrogen-bond acceptors (Lipinski definition) is 5. The lowest BCUT2D eigenvalue weighted by atomic mass is 9.87. The summed E-state index contributed by atoms with van der Waals surface area (Å²) in [4.78, 5) is 25.6. The smallest absolute Gasteiger partial charge is 0.225 e. The van der Waals surface area contributed by atoms with Crippen LogP contribution in [0.3, 0.4) is 0 Å². The summed E-state index contributed by atoms with van der Waals surface area (Å²) in [6.07, 6.45) is 17.6. The minimum Gasteiger partial charge on any atom is -0.371 e. The maximum absolute atomic E-state index is 12.3. The quantitative estimate of drug-likeness (QED) is 0.125. The first-order valence-corrected chi connectivity index (χ1v) is 17.5. The minimum absolute atomic E-state index is 0.0681. The number of nitriles is 1. The highest BCUT2D eigenvalue weighted by Gasteiger charge is 2.25. The average Bonchev–Trinajstić information content (AvgIpc) is 3.06. The molecule has 6 heteroatoms. The fourth-order valence-electron chi connectivity index (χ4n) is 5.14. The van der Waals surface area contributed by atoms with Crippen LogP contribution in [-0.4, -0.2) is 52.6 Å². The third kappa shape index (κ3) is 16.1. The summed E-state index contributed by atoms with van der Waals surface area (Å²) in [7, 11) is 0. The van der Waals surface area contributed by atoms with Crippen LogP contribution in [0, 0.1) is 23.2 Å². The van der Waals surface area contributed by atoms with E-state index in [4.69, 9.17) is 10.3 Å². The summed E-state index contributed by atoms with van der Waals surface area (Å²) in [5.74, 6) is 0.815. The standard InChI is InChI=1S/C24H41N3O.C9H10N2.C6H14/c1-9-12-13-25-20(7)23(22(11-3)19(6)10-2)21(8)26-14-16-27(17-15-26)24(28)18(4)5;1-2-3-9-6-8(7-10)4-5-11-9;1-3-5-6-4-2/h11-13,18-19H,9-10,14-17H2,1-8H3;4-6H,2-3H2,1H3;3-6H2,1-2H3/b13-12+,22-11-,23-21-,25-20+;;. The van der Waals surface area contributed by atoms with E-state index < -0.39 is 0 Å². The van der Waals surface area contributed by atoms with Gasteiger partial charge in [-0.25, -0.2) is 0 Å². The number of carbonyl (C=O) groups is 1. The molecule has 1 fully saturated rings. The summed E-state index contributed by atoms with van der Waals surface area (Å²) in [6, 6.07) is 5.64. The molecule has 2 rings (SSSR count). The number of hydrogen-bond donors (Lipinski definition) is 0. The van der Waals surface area contributed by atoms with Gasteiger partial charge in [0, 0.05) is 67.2 Å². The Bertz CT molecular complexity index is 1130. The summed E-state index contributed by atoms with van der Waals surface area (Å²) in [5.41, 5.74) is 6.68. The van der Waals surface area contributed by atoms with Gasteiger partial charge in [0.2, 0.25) is 5.91 Å². The number of aryl methyl sites for hydroxylation is 1. The monoisotopic (exact) mass is 620 g/mol. The fraction of sp³-hybridized carbons (Fsp3) is 0.641. The molecule has 1 atom stereocenters. The van der Waals surface area contributed by atoms with Crippen LogP contribution in [0.1, 0.15) is 132 Å². The van der Waals surface area contributed by atoms with Gasteiger partial charge in [-0.3, -0.25) is 14.8 Å². The first kappa shape index (κ1) is 41.8. The third-order valence-corrected chi connectivity index (χ3v) is 8.04. The van der Waals surface area contributed by atoms with Crippen molar-refractivity contribution >= 4 is 11.6 Å². The van der Waals surface area contributed by atoms with Crippen LogP contribution < -0.4 is 0 Å². The average molecular weight is 620 g/mol. The Labute approximate surface area is 277 Å². The largest absolute Gasteiger partial charge is 0.371 e. The van der Waals surface area contributed by atoms with Crippen molar-refractivity contribution in [2.75, 3.05) is 26.2 Å². The van der Waals surface area contributed by atoms with Crippen molar-refractivity contribution in [1.29, 1.82) is 5.26 Å². The summed E-state index contributed by atoms with van der Waals surface area (Å²) in [5, 5.41) is 8.55. The van der Waals surface area contributed by atoms with E-state index in [1.807, 2.05) is 31.0 Å². The lowest BCUT2D eigenvalue weighted by Crippen LogP contribution is -2.49. The molecule has 1 aromatic rings. The number of amides is 1. The van der Waals surface area contributed by atoms with Gasteiger partial charge in [0.05, 0.1) is 11.6 Å². The number of rotatable bonds is 13. The Hall–Kier alpha value is -3.20. The SMILES string of the molecule is CCCCCC.CCCc1cc(C#N)ccn1.C\C=C(C(/C(C)=N/C=C/CC)=C(/C)N1CCN(C(=O)C(C)C)CC1)\C(C)CC. The number of nitrogens with zero attached hydrogens (tertiary/aromatic N) is 5. The van der Waals surface area contributed by atoms with Crippen LogP contribution in [-0.2, 0) is 11.2 Å². The van der Waals surface area contributed by atoms with E-state index in [1.165, 1.54) is 42.5 Å². The number of piperazine rings is 1. The van der Waals surface area contributed by atoms with Gasteiger partial charge in [0.1, 0.15) is 0 Å².